The van der Waals surface area contributed by atoms with Crippen molar-refractivity contribution >= 4 is 16.0 Å². The van der Waals surface area contributed by atoms with Crippen molar-refractivity contribution in [3.05, 3.63) is 29.8 Å². The Balaban J connectivity index is 2.08. The highest BCUT2D eigenvalue weighted by molar-refractivity contribution is 7.89. The van der Waals surface area contributed by atoms with Crippen LogP contribution in [0.25, 0.3) is 0 Å². The molecule has 1 fully saturated rings. The van der Waals surface area contributed by atoms with Gasteiger partial charge in [-0.1, -0.05) is 26.0 Å². The van der Waals surface area contributed by atoms with Gasteiger partial charge >= 0.3 is 5.97 Å². The Hall–Kier alpha value is -1.44. The largest absolute Gasteiger partial charge is 0.481 e. The van der Waals surface area contributed by atoms with Crippen LogP contribution >= 0.6 is 0 Å². The van der Waals surface area contributed by atoms with Crippen LogP contribution in [0, 0.1) is 5.92 Å². The van der Waals surface area contributed by atoms with E-state index in [2.05, 4.69) is 10.0 Å². The first kappa shape index (κ1) is 16.9. The second-order valence-corrected chi connectivity index (χ2v) is 7.69. The normalized spacial score (nSPS) is 22.7. The van der Waals surface area contributed by atoms with Gasteiger partial charge in [0.1, 0.15) is 0 Å². The fourth-order valence-corrected chi connectivity index (χ4v) is 3.79. The number of rotatable bonds is 5. The van der Waals surface area contributed by atoms with Crippen molar-refractivity contribution in [1.82, 2.24) is 10.0 Å². The Labute approximate surface area is 131 Å². The number of carboxylic acid groups (broad SMARTS) is 1. The van der Waals surface area contributed by atoms with Crippen LogP contribution in [0.2, 0.25) is 0 Å². The van der Waals surface area contributed by atoms with E-state index in [0.29, 0.717) is 25.4 Å². The third kappa shape index (κ3) is 4.06. The fraction of sp³-hybridized carbons (Fsp3) is 0.533. The van der Waals surface area contributed by atoms with Crippen LogP contribution in [0.1, 0.15) is 31.7 Å². The van der Waals surface area contributed by atoms with Gasteiger partial charge in [-0.2, -0.15) is 0 Å². The van der Waals surface area contributed by atoms with Crippen LogP contribution in [-0.4, -0.2) is 38.6 Å². The van der Waals surface area contributed by atoms with Gasteiger partial charge in [-0.3, -0.25) is 4.79 Å². The molecule has 0 amide bonds. The topological polar surface area (TPSA) is 95.5 Å². The molecule has 2 rings (SSSR count). The molecular weight excluding hydrogens is 304 g/mol. The van der Waals surface area contributed by atoms with Gasteiger partial charge in [0.2, 0.25) is 10.0 Å². The SMILES string of the molecule is CC(C)c1ccc(S(=O)(=O)N[C@H]2CNC[C@@H](C(=O)O)C2)cc1. The molecule has 1 aliphatic heterocycles. The van der Waals surface area contributed by atoms with Gasteiger partial charge in [-0.15, -0.1) is 0 Å². The summed E-state index contributed by atoms with van der Waals surface area (Å²) in [5.41, 5.74) is 1.07. The number of aliphatic carboxylic acids is 1. The molecule has 1 heterocycles. The van der Waals surface area contributed by atoms with E-state index in [1.807, 2.05) is 13.8 Å². The molecule has 0 spiro atoms. The molecule has 3 N–H and O–H groups in total. The van der Waals surface area contributed by atoms with Gasteiger partial charge in [0.25, 0.3) is 0 Å². The molecule has 1 saturated heterocycles. The summed E-state index contributed by atoms with van der Waals surface area (Å²) >= 11 is 0. The molecule has 1 aliphatic rings. The van der Waals surface area contributed by atoms with E-state index in [4.69, 9.17) is 5.11 Å². The Morgan fingerprint density at radius 1 is 1.27 bits per heavy atom. The molecule has 0 aromatic heterocycles. The Kier molecular flexibility index (Phi) is 5.20. The van der Waals surface area contributed by atoms with Crippen molar-refractivity contribution in [3.8, 4) is 0 Å². The summed E-state index contributed by atoms with van der Waals surface area (Å²) < 4.78 is 27.3. The first-order chi connectivity index (χ1) is 10.3. The highest BCUT2D eigenvalue weighted by Crippen LogP contribution is 2.19. The second-order valence-electron chi connectivity index (χ2n) is 5.97. The lowest BCUT2D eigenvalue weighted by Crippen LogP contribution is -2.50. The van der Waals surface area contributed by atoms with Crippen molar-refractivity contribution in [1.29, 1.82) is 0 Å². The van der Waals surface area contributed by atoms with Crippen LogP contribution in [-0.2, 0) is 14.8 Å². The molecule has 1 aromatic carbocycles. The van der Waals surface area contributed by atoms with Gasteiger partial charge in [0.05, 0.1) is 10.8 Å². The lowest BCUT2D eigenvalue weighted by molar-refractivity contribution is -0.142. The fourth-order valence-electron chi connectivity index (χ4n) is 2.54. The first-order valence-corrected chi connectivity index (χ1v) is 8.83. The Morgan fingerprint density at radius 3 is 2.45 bits per heavy atom. The van der Waals surface area contributed by atoms with Gasteiger partial charge < -0.3 is 10.4 Å². The zero-order valence-corrected chi connectivity index (χ0v) is 13.6. The van der Waals surface area contributed by atoms with Crippen molar-refractivity contribution in [2.24, 2.45) is 5.92 Å². The minimum atomic E-state index is -3.63. The minimum Gasteiger partial charge on any atom is -0.481 e. The average molecular weight is 326 g/mol. The molecule has 122 valence electrons. The standard InChI is InChI=1S/C15H22N2O4S/c1-10(2)11-3-5-14(6-4-11)22(20,21)17-13-7-12(15(18)19)8-16-9-13/h3-6,10,12-13,16-17H,7-9H2,1-2H3,(H,18,19)/t12-,13+/m0/s1. The van der Waals surface area contributed by atoms with Crippen LogP contribution in [0.15, 0.2) is 29.2 Å². The quantitative estimate of drug-likeness (QED) is 0.754. The summed E-state index contributed by atoms with van der Waals surface area (Å²) in [4.78, 5) is 11.2. The van der Waals surface area contributed by atoms with E-state index >= 15 is 0 Å². The lowest BCUT2D eigenvalue weighted by Gasteiger charge is -2.28. The highest BCUT2D eigenvalue weighted by atomic mass is 32.2. The molecule has 22 heavy (non-hydrogen) atoms. The van der Waals surface area contributed by atoms with E-state index in [9.17, 15) is 13.2 Å². The highest BCUT2D eigenvalue weighted by Gasteiger charge is 2.29. The first-order valence-electron chi connectivity index (χ1n) is 7.35. The van der Waals surface area contributed by atoms with Crippen LogP contribution in [0.3, 0.4) is 0 Å². The maximum Gasteiger partial charge on any atom is 0.307 e. The van der Waals surface area contributed by atoms with Crippen LogP contribution in [0.4, 0.5) is 0 Å². The molecule has 0 bridgehead atoms. The summed E-state index contributed by atoms with van der Waals surface area (Å²) in [6.45, 7) is 4.90. The molecule has 0 aliphatic carbocycles. The van der Waals surface area contributed by atoms with Crippen molar-refractivity contribution in [2.75, 3.05) is 13.1 Å². The van der Waals surface area contributed by atoms with Gasteiger partial charge in [-0.05, 0) is 30.0 Å². The zero-order chi connectivity index (χ0) is 16.3. The summed E-state index contributed by atoms with van der Waals surface area (Å²) in [5.74, 6) is -1.13. The van der Waals surface area contributed by atoms with E-state index in [1.165, 1.54) is 0 Å². The maximum absolute atomic E-state index is 12.4. The lowest BCUT2D eigenvalue weighted by atomic mass is 9.97. The van der Waals surface area contributed by atoms with E-state index in [0.717, 1.165) is 5.56 Å². The molecule has 7 heteroatoms. The number of nitrogens with one attached hydrogen (secondary N) is 2. The average Bonchev–Trinajstić information content (AvgIpc) is 2.47. The van der Waals surface area contributed by atoms with Gasteiger partial charge in [0, 0.05) is 19.1 Å². The molecule has 0 unspecified atom stereocenters. The predicted octanol–water partition coefficient (Wildman–Crippen LogP) is 1.15. The third-order valence-electron chi connectivity index (χ3n) is 3.88. The number of carbonyl (C=O) groups is 1. The predicted molar refractivity (Wildman–Crippen MR) is 83.3 cm³/mol. The van der Waals surface area contributed by atoms with Crippen LogP contribution < -0.4 is 10.0 Å². The van der Waals surface area contributed by atoms with Gasteiger partial charge in [-0.25, -0.2) is 13.1 Å². The van der Waals surface area contributed by atoms with Gasteiger partial charge in [0.15, 0.2) is 0 Å². The number of piperidine rings is 1. The number of carboxylic acids is 1. The molecule has 2 atom stereocenters. The van der Waals surface area contributed by atoms with E-state index < -0.39 is 28.0 Å². The maximum atomic E-state index is 12.4. The number of hydrogen-bond donors (Lipinski definition) is 3. The van der Waals surface area contributed by atoms with E-state index in [1.54, 1.807) is 24.3 Å². The summed E-state index contributed by atoms with van der Waals surface area (Å²) in [6.07, 6.45) is 0.297. The molecule has 0 saturated carbocycles. The minimum absolute atomic E-state index is 0.203. The number of benzene rings is 1. The molecule has 1 aromatic rings. The van der Waals surface area contributed by atoms with Crippen molar-refractivity contribution in [2.45, 2.75) is 37.1 Å². The summed E-state index contributed by atoms with van der Waals surface area (Å²) in [7, 11) is -3.63. The summed E-state index contributed by atoms with van der Waals surface area (Å²) in [5, 5.41) is 12.0. The third-order valence-corrected chi connectivity index (χ3v) is 5.42. The molecule has 6 nitrogen and oxygen atoms in total. The van der Waals surface area contributed by atoms with Crippen molar-refractivity contribution < 1.29 is 18.3 Å². The zero-order valence-electron chi connectivity index (χ0n) is 12.7. The molecular formula is C15H22N2O4S. The molecule has 0 radical (unpaired) electrons. The smallest absolute Gasteiger partial charge is 0.307 e. The van der Waals surface area contributed by atoms with Crippen LogP contribution in [0.5, 0.6) is 0 Å². The number of hydrogen-bond acceptors (Lipinski definition) is 4. The Morgan fingerprint density at radius 2 is 1.91 bits per heavy atom. The summed E-state index contributed by atoms with van der Waals surface area (Å²) in [6, 6.07) is 6.37. The Bertz CT molecular complexity index is 625. The monoisotopic (exact) mass is 326 g/mol. The second kappa shape index (κ2) is 6.76. The van der Waals surface area contributed by atoms with E-state index in [-0.39, 0.29) is 4.90 Å². The number of sulfonamides is 1. The van der Waals surface area contributed by atoms with Crippen molar-refractivity contribution in [3.63, 3.8) is 0 Å².